The summed E-state index contributed by atoms with van der Waals surface area (Å²) in [6.07, 6.45) is 2.77. The Balaban J connectivity index is 2.24. The predicted molar refractivity (Wildman–Crippen MR) is 70.9 cm³/mol. The van der Waals surface area contributed by atoms with E-state index in [0.717, 1.165) is 6.42 Å². The Morgan fingerprint density at radius 2 is 2.00 bits per heavy atom. The monoisotopic (exact) mass is 283 g/mol. The van der Waals surface area contributed by atoms with Crippen LogP contribution in [0, 0.1) is 0 Å². The van der Waals surface area contributed by atoms with Crippen molar-refractivity contribution in [2.45, 2.75) is 50.6 Å². The van der Waals surface area contributed by atoms with Crippen molar-refractivity contribution in [1.29, 1.82) is 0 Å². The minimum Gasteiger partial charge on any atom is -0.479 e. The van der Waals surface area contributed by atoms with Crippen LogP contribution in [0.5, 0.6) is 0 Å². The Morgan fingerprint density at radius 1 is 1.30 bits per heavy atom. The van der Waals surface area contributed by atoms with Crippen LogP contribution >= 0.6 is 0 Å². The van der Waals surface area contributed by atoms with Crippen LogP contribution in [0.2, 0.25) is 0 Å². The molecule has 0 aromatic heterocycles. The number of nitrogens with zero attached hydrogens (tertiary/aromatic N) is 2. The van der Waals surface area contributed by atoms with Gasteiger partial charge >= 0.3 is 12.0 Å². The van der Waals surface area contributed by atoms with Crippen molar-refractivity contribution in [2.75, 3.05) is 13.1 Å². The van der Waals surface area contributed by atoms with Gasteiger partial charge in [-0.2, -0.15) is 0 Å². The highest BCUT2D eigenvalue weighted by atomic mass is 16.4. The van der Waals surface area contributed by atoms with Crippen LogP contribution in [0.1, 0.15) is 39.0 Å². The molecule has 2 aliphatic rings. The molecule has 0 aliphatic carbocycles. The number of amides is 3. The van der Waals surface area contributed by atoms with E-state index < -0.39 is 23.5 Å². The maximum atomic E-state index is 12.6. The van der Waals surface area contributed by atoms with Gasteiger partial charge in [-0.1, -0.05) is 6.92 Å². The molecule has 20 heavy (non-hydrogen) atoms. The van der Waals surface area contributed by atoms with Gasteiger partial charge in [0, 0.05) is 13.1 Å². The summed E-state index contributed by atoms with van der Waals surface area (Å²) in [7, 11) is 0. The smallest absolute Gasteiger partial charge is 0.329 e. The van der Waals surface area contributed by atoms with Crippen molar-refractivity contribution in [3.8, 4) is 0 Å². The minimum atomic E-state index is -1.14. The highest BCUT2D eigenvalue weighted by Gasteiger charge is 2.51. The Morgan fingerprint density at radius 3 is 2.55 bits per heavy atom. The first kappa shape index (κ1) is 14.6. The molecule has 0 bridgehead atoms. The van der Waals surface area contributed by atoms with E-state index >= 15 is 0 Å². The van der Waals surface area contributed by atoms with Crippen LogP contribution in [-0.2, 0) is 9.59 Å². The fraction of sp³-hybridized carbons (Fsp3) is 0.769. The first-order valence-corrected chi connectivity index (χ1v) is 7.05. The van der Waals surface area contributed by atoms with E-state index in [2.05, 4.69) is 0 Å². The summed E-state index contributed by atoms with van der Waals surface area (Å²) in [5, 5.41) is 9.50. The molecular weight excluding hydrogens is 262 g/mol. The molecule has 0 saturated carbocycles. The molecule has 7 heteroatoms. The lowest BCUT2D eigenvalue weighted by Gasteiger charge is -2.37. The second-order valence-electron chi connectivity index (χ2n) is 5.48. The van der Waals surface area contributed by atoms with Gasteiger partial charge in [0.2, 0.25) is 5.91 Å². The van der Waals surface area contributed by atoms with E-state index in [4.69, 9.17) is 5.73 Å². The van der Waals surface area contributed by atoms with E-state index in [1.807, 2.05) is 0 Å². The molecule has 112 valence electrons. The third kappa shape index (κ3) is 2.10. The van der Waals surface area contributed by atoms with Crippen molar-refractivity contribution in [1.82, 2.24) is 9.80 Å². The zero-order valence-corrected chi connectivity index (χ0v) is 11.7. The van der Waals surface area contributed by atoms with Gasteiger partial charge in [-0.3, -0.25) is 4.79 Å². The molecule has 0 aromatic carbocycles. The molecular formula is C13H21N3O4. The van der Waals surface area contributed by atoms with Gasteiger partial charge in [0.05, 0.1) is 0 Å². The lowest BCUT2D eigenvalue weighted by atomic mass is 9.93. The fourth-order valence-corrected chi connectivity index (χ4v) is 3.35. The first-order chi connectivity index (χ1) is 9.44. The molecule has 0 aromatic rings. The predicted octanol–water partition coefficient (Wildman–Crippen LogP) is 0.385. The summed E-state index contributed by atoms with van der Waals surface area (Å²) in [4.78, 5) is 38.5. The second kappa shape index (κ2) is 5.30. The lowest BCUT2D eigenvalue weighted by Crippen LogP contribution is -2.58. The van der Waals surface area contributed by atoms with Crippen LogP contribution in [0.3, 0.4) is 0 Å². The average Bonchev–Trinajstić information content (AvgIpc) is 3.04. The zero-order valence-electron chi connectivity index (χ0n) is 11.7. The van der Waals surface area contributed by atoms with Gasteiger partial charge in [0.15, 0.2) is 0 Å². The number of likely N-dealkylation sites (tertiary alicyclic amines) is 2. The number of primary amides is 1. The maximum absolute atomic E-state index is 12.6. The van der Waals surface area contributed by atoms with E-state index in [1.54, 1.807) is 6.92 Å². The summed E-state index contributed by atoms with van der Waals surface area (Å²) < 4.78 is 0. The number of carboxylic acids is 1. The van der Waals surface area contributed by atoms with Crippen LogP contribution < -0.4 is 5.73 Å². The van der Waals surface area contributed by atoms with Crippen molar-refractivity contribution >= 4 is 17.9 Å². The van der Waals surface area contributed by atoms with Gasteiger partial charge in [-0.05, 0) is 32.1 Å². The quantitative estimate of drug-likeness (QED) is 0.781. The number of hydrogen-bond donors (Lipinski definition) is 2. The highest BCUT2D eigenvalue weighted by molar-refractivity contribution is 5.90. The Hall–Kier alpha value is -1.79. The van der Waals surface area contributed by atoms with Crippen molar-refractivity contribution in [3.05, 3.63) is 0 Å². The largest absolute Gasteiger partial charge is 0.479 e. The summed E-state index contributed by atoms with van der Waals surface area (Å²) in [6, 6.07) is -0.973. The Kier molecular flexibility index (Phi) is 3.87. The summed E-state index contributed by atoms with van der Waals surface area (Å²) in [6.45, 7) is 2.65. The van der Waals surface area contributed by atoms with Gasteiger partial charge < -0.3 is 20.6 Å². The molecule has 2 rings (SSSR count). The van der Waals surface area contributed by atoms with E-state index in [0.29, 0.717) is 38.8 Å². The normalized spacial score (nSPS) is 29.8. The number of urea groups is 1. The second-order valence-corrected chi connectivity index (χ2v) is 5.48. The molecule has 2 unspecified atom stereocenters. The Labute approximate surface area is 117 Å². The van der Waals surface area contributed by atoms with Crippen LogP contribution in [-0.4, -0.2) is 57.5 Å². The van der Waals surface area contributed by atoms with Crippen LogP contribution in [0.25, 0.3) is 0 Å². The summed E-state index contributed by atoms with van der Waals surface area (Å²) >= 11 is 0. The van der Waals surface area contributed by atoms with E-state index in [9.17, 15) is 19.5 Å². The molecule has 3 amide bonds. The number of aliphatic carboxylic acids is 1. The van der Waals surface area contributed by atoms with Gasteiger partial charge in [-0.15, -0.1) is 0 Å². The van der Waals surface area contributed by atoms with E-state index in [-0.39, 0.29) is 6.03 Å². The van der Waals surface area contributed by atoms with Gasteiger partial charge in [-0.25, -0.2) is 9.59 Å². The number of carboxylic acid groups (broad SMARTS) is 1. The Bertz CT molecular complexity index is 439. The molecule has 0 radical (unpaired) electrons. The van der Waals surface area contributed by atoms with Crippen LogP contribution in [0.4, 0.5) is 4.79 Å². The molecule has 3 N–H and O–H groups in total. The molecule has 2 fully saturated rings. The number of rotatable bonds is 3. The third-order valence-corrected chi connectivity index (χ3v) is 4.53. The van der Waals surface area contributed by atoms with E-state index in [1.165, 1.54) is 9.80 Å². The van der Waals surface area contributed by atoms with Crippen molar-refractivity contribution in [3.63, 3.8) is 0 Å². The highest BCUT2D eigenvalue weighted by Crippen LogP contribution is 2.35. The molecule has 2 aliphatic heterocycles. The number of hydrogen-bond acceptors (Lipinski definition) is 3. The number of carbonyl (C=O) groups is 3. The van der Waals surface area contributed by atoms with Crippen molar-refractivity contribution in [2.24, 2.45) is 5.73 Å². The topological polar surface area (TPSA) is 104 Å². The summed E-state index contributed by atoms with van der Waals surface area (Å²) in [5.41, 5.74) is 4.18. The molecule has 2 heterocycles. The van der Waals surface area contributed by atoms with Gasteiger partial charge in [0.1, 0.15) is 11.6 Å². The average molecular weight is 283 g/mol. The lowest BCUT2D eigenvalue weighted by molar-refractivity contribution is -0.148. The molecule has 2 saturated heterocycles. The third-order valence-electron chi connectivity index (χ3n) is 4.53. The number of nitrogens with two attached hydrogens (primary N) is 1. The SMILES string of the molecule is CCC1(C(=O)O)CCCN1C(=O)N1CCCC1C(N)=O. The first-order valence-electron chi connectivity index (χ1n) is 7.05. The van der Waals surface area contributed by atoms with Crippen LogP contribution in [0.15, 0.2) is 0 Å². The number of carbonyl (C=O) groups excluding carboxylic acids is 2. The standard InChI is InChI=1S/C13H21N3O4/c1-2-13(11(18)19)6-4-8-16(13)12(20)15-7-3-5-9(15)10(14)17/h9H,2-8H2,1H3,(H2,14,17)(H,18,19). The summed E-state index contributed by atoms with van der Waals surface area (Å²) in [5.74, 6) is -1.49. The fourth-order valence-electron chi connectivity index (χ4n) is 3.35. The molecule has 2 atom stereocenters. The minimum absolute atomic E-state index is 0.364. The van der Waals surface area contributed by atoms with Gasteiger partial charge in [0.25, 0.3) is 0 Å². The zero-order chi connectivity index (χ0) is 14.9. The molecule has 0 spiro atoms. The van der Waals surface area contributed by atoms with Crippen molar-refractivity contribution < 1.29 is 19.5 Å². The maximum Gasteiger partial charge on any atom is 0.329 e. The molecule has 7 nitrogen and oxygen atoms in total.